The average Bonchev–Trinajstić information content (AvgIpc) is 3.49. The van der Waals surface area contributed by atoms with Gasteiger partial charge in [0.25, 0.3) is 6.47 Å². The Bertz CT molecular complexity index is 1640. The number of nitrogens with zero attached hydrogens (tertiary/aromatic N) is 2. The minimum atomic E-state index is -0.978. The van der Waals surface area contributed by atoms with Crippen molar-refractivity contribution in [2.24, 2.45) is 0 Å². The van der Waals surface area contributed by atoms with Crippen LogP contribution >= 0.6 is 11.6 Å². The molecule has 1 atom stereocenters. The first-order valence-corrected chi connectivity index (χ1v) is 14.8. The van der Waals surface area contributed by atoms with Crippen LogP contribution in [0.1, 0.15) is 29.2 Å². The van der Waals surface area contributed by atoms with Crippen LogP contribution in [0.3, 0.4) is 0 Å². The Morgan fingerprint density at radius 2 is 1.83 bits per heavy atom. The standard InChI is InChI=1S/C32H34ClN3O7.CH2O2/c1-20(17-37)34-14-25-10-27(33)30(12-29(25)42-18-22-13-35-36(15-22)16-32(38)39)43-19-24-4-3-5-26(21(24)2)23-6-7-28-31(11-23)41-9-8-40-28;2-1-3/h3-7,10-13,15,20,34,37H,8-9,14,16-19H2,1-2H3,(H,38,39);1H,(H,2,3). The fourth-order valence-corrected chi connectivity index (χ4v) is 4.93. The first-order chi connectivity index (χ1) is 22.2. The number of hydrogen-bond acceptors (Lipinski definition) is 9. The van der Waals surface area contributed by atoms with E-state index in [4.69, 9.17) is 45.6 Å². The van der Waals surface area contributed by atoms with Gasteiger partial charge >= 0.3 is 5.97 Å². The summed E-state index contributed by atoms with van der Waals surface area (Å²) in [5, 5.41) is 33.1. The summed E-state index contributed by atoms with van der Waals surface area (Å²) in [4.78, 5) is 19.4. The van der Waals surface area contributed by atoms with Gasteiger partial charge < -0.3 is 39.6 Å². The van der Waals surface area contributed by atoms with Crippen molar-refractivity contribution < 1.29 is 43.9 Å². The third kappa shape index (κ3) is 9.13. The highest BCUT2D eigenvalue weighted by atomic mass is 35.5. The third-order valence-corrected chi connectivity index (χ3v) is 7.39. The summed E-state index contributed by atoms with van der Waals surface area (Å²) in [5.41, 5.74) is 5.66. The number of aliphatic hydroxyl groups excluding tert-OH is 1. The zero-order valence-electron chi connectivity index (χ0n) is 25.4. The van der Waals surface area contributed by atoms with Crippen molar-refractivity contribution in [1.29, 1.82) is 0 Å². The number of nitrogens with one attached hydrogen (secondary N) is 1. The molecule has 46 heavy (non-hydrogen) atoms. The number of fused-ring (bicyclic) bond motifs is 1. The molecule has 13 heteroatoms. The van der Waals surface area contributed by atoms with Crippen LogP contribution in [0.5, 0.6) is 23.0 Å². The molecule has 1 unspecified atom stereocenters. The maximum Gasteiger partial charge on any atom is 0.325 e. The van der Waals surface area contributed by atoms with E-state index in [-0.39, 0.29) is 38.9 Å². The minimum absolute atomic E-state index is 0.0153. The number of carboxylic acids is 1. The molecule has 1 aromatic heterocycles. The van der Waals surface area contributed by atoms with Crippen LogP contribution in [0.25, 0.3) is 11.1 Å². The molecule has 5 rings (SSSR count). The number of benzene rings is 3. The van der Waals surface area contributed by atoms with Gasteiger partial charge in [0, 0.05) is 36.0 Å². The molecule has 0 aliphatic carbocycles. The number of carboxylic acid groups (broad SMARTS) is 2. The van der Waals surface area contributed by atoms with Crippen LogP contribution in [0, 0.1) is 6.92 Å². The lowest BCUT2D eigenvalue weighted by Crippen LogP contribution is -2.28. The molecule has 0 spiro atoms. The van der Waals surface area contributed by atoms with E-state index >= 15 is 0 Å². The molecular formula is C33H36ClN3O9. The summed E-state index contributed by atoms with van der Waals surface area (Å²) >= 11 is 6.67. The van der Waals surface area contributed by atoms with E-state index in [0.29, 0.717) is 41.8 Å². The van der Waals surface area contributed by atoms with Gasteiger partial charge in [-0.3, -0.25) is 14.3 Å². The van der Waals surface area contributed by atoms with Crippen LogP contribution in [-0.4, -0.2) is 63.4 Å². The van der Waals surface area contributed by atoms with Crippen LogP contribution in [0.15, 0.2) is 60.9 Å². The van der Waals surface area contributed by atoms with Crippen molar-refractivity contribution in [1.82, 2.24) is 15.1 Å². The van der Waals surface area contributed by atoms with Crippen LogP contribution in [0.2, 0.25) is 5.02 Å². The summed E-state index contributed by atoms with van der Waals surface area (Å²) in [6.07, 6.45) is 3.20. The molecule has 1 aliphatic heterocycles. The molecule has 0 bridgehead atoms. The van der Waals surface area contributed by atoms with Crippen molar-refractivity contribution >= 4 is 24.0 Å². The van der Waals surface area contributed by atoms with Gasteiger partial charge in [0.2, 0.25) is 0 Å². The predicted molar refractivity (Wildman–Crippen MR) is 170 cm³/mol. The van der Waals surface area contributed by atoms with Gasteiger partial charge in [0.15, 0.2) is 11.5 Å². The number of rotatable bonds is 13. The third-order valence-electron chi connectivity index (χ3n) is 7.09. The molecule has 0 radical (unpaired) electrons. The van der Waals surface area contributed by atoms with Crippen LogP contribution in [0.4, 0.5) is 0 Å². The van der Waals surface area contributed by atoms with E-state index in [1.165, 1.54) is 4.68 Å². The summed E-state index contributed by atoms with van der Waals surface area (Å²) < 4.78 is 25.1. The van der Waals surface area contributed by atoms with Crippen LogP contribution < -0.4 is 24.3 Å². The number of aliphatic carboxylic acids is 1. The molecule has 0 amide bonds. The first kappa shape index (κ1) is 34.1. The Morgan fingerprint density at radius 3 is 2.57 bits per heavy atom. The lowest BCUT2D eigenvalue weighted by molar-refractivity contribution is -0.137. The fourth-order valence-electron chi connectivity index (χ4n) is 4.69. The van der Waals surface area contributed by atoms with Crippen molar-refractivity contribution in [3.05, 3.63) is 88.2 Å². The summed E-state index contributed by atoms with van der Waals surface area (Å²) in [6.45, 7) is 5.36. The fraction of sp³-hybridized carbons (Fsp3) is 0.303. The Morgan fingerprint density at radius 1 is 1.09 bits per heavy atom. The van der Waals surface area contributed by atoms with E-state index in [1.807, 2.05) is 37.3 Å². The molecule has 4 N–H and O–H groups in total. The Balaban J connectivity index is 0.00000154. The lowest BCUT2D eigenvalue weighted by Gasteiger charge is -2.20. The number of ether oxygens (including phenoxy) is 4. The SMILES string of the molecule is Cc1c(COc2cc(OCc3cnn(CC(=O)O)c3)c(CNC(C)CO)cc2Cl)cccc1-c1ccc2c(c1)OCCO2.O=CO. The van der Waals surface area contributed by atoms with Crippen molar-refractivity contribution in [3.63, 3.8) is 0 Å². The normalized spacial score (nSPS) is 12.4. The number of aliphatic hydroxyl groups is 1. The van der Waals surface area contributed by atoms with E-state index in [9.17, 15) is 9.90 Å². The van der Waals surface area contributed by atoms with E-state index in [2.05, 4.69) is 23.4 Å². The Hall–Kier alpha value is -4.78. The zero-order chi connectivity index (χ0) is 33.1. The van der Waals surface area contributed by atoms with Crippen LogP contribution in [-0.2, 0) is 35.9 Å². The van der Waals surface area contributed by atoms with Gasteiger partial charge in [-0.15, -0.1) is 0 Å². The number of aromatic nitrogens is 2. The molecule has 4 aromatic rings. The Kier molecular flexibility index (Phi) is 12.2. The smallest absolute Gasteiger partial charge is 0.325 e. The number of carbonyl (C=O) groups is 2. The molecule has 2 heterocycles. The minimum Gasteiger partial charge on any atom is -0.488 e. The van der Waals surface area contributed by atoms with Gasteiger partial charge in [0.05, 0.1) is 17.8 Å². The molecule has 0 saturated heterocycles. The van der Waals surface area contributed by atoms with Crippen molar-refractivity contribution in [2.45, 2.75) is 46.2 Å². The summed E-state index contributed by atoms with van der Waals surface area (Å²) in [5.74, 6) is 1.51. The topological polar surface area (TPSA) is 162 Å². The highest BCUT2D eigenvalue weighted by molar-refractivity contribution is 6.32. The number of hydrogen-bond donors (Lipinski definition) is 4. The quantitative estimate of drug-likeness (QED) is 0.148. The molecule has 12 nitrogen and oxygen atoms in total. The van der Waals surface area contributed by atoms with Crippen molar-refractivity contribution in [2.75, 3.05) is 19.8 Å². The molecule has 244 valence electrons. The maximum absolute atomic E-state index is 11.0. The second-order valence-electron chi connectivity index (χ2n) is 10.4. The zero-order valence-corrected chi connectivity index (χ0v) is 26.2. The molecule has 0 fully saturated rings. The maximum atomic E-state index is 11.0. The molecular weight excluding hydrogens is 618 g/mol. The second kappa shape index (κ2) is 16.5. The molecule has 3 aromatic carbocycles. The lowest BCUT2D eigenvalue weighted by atomic mass is 9.96. The summed E-state index contributed by atoms with van der Waals surface area (Å²) in [7, 11) is 0. The number of halogens is 1. The predicted octanol–water partition coefficient (Wildman–Crippen LogP) is 4.70. The first-order valence-electron chi connectivity index (χ1n) is 14.4. The van der Waals surface area contributed by atoms with Gasteiger partial charge in [-0.1, -0.05) is 35.9 Å². The van der Waals surface area contributed by atoms with E-state index in [0.717, 1.165) is 39.3 Å². The average molecular weight is 654 g/mol. The highest BCUT2D eigenvalue weighted by Gasteiger charge is 2.16. The second-order valence-corrected chi connectivity index (χ2v) is 10.8. The van der Waals surface area contributed by atoms with Gasteiger partial charge in [0.1, 0.15) is 44.5 Å². The molecule has 0 saturated carbocycles. The van der Waals surface area contributed by atoms with E-state index in [1.54, 1.807) is 24.5 Å². The monoisotopic (exact) mass is 653 g/mol. The van der Waals surface area contributed by atoms with Gasteiger partial charge in [-0.2, -0.15) is 5.10 Å². The van der Waals surface area contributed by atoms with E-state index < -0.39 is 5.97 Å². The van der Waals surface area contributed by atoms with Gasteiger partial charge in [-0.05, 0) is 54.3 Å². The van der Waals surface area contributed by atoms with Gasteiger partial charge in [-0.25, -0.2) is 0 Å². The summed E-state index contributed by atoms with van der Waals surface area (Å²) in [6, 6.07) is 15.5. The largest absolute Gasteiger partial charge is 0.488 e. The highest BCUT2D eigenvalue weighted by Crippen LogP contribution is 2.37. The van der Waals surface area contributed by atoms with Crippen molar-refractivity contribution in [3.8, 4) is 34.1 Å². The Labute approximate surface area is 271 Å². The molecule has 1 aliphatic rings.